The molecule has 1 aliphatic heterocycles. The Labute approximate surface area is 135 Å². The number of benzene rings is 1. The van der Waals surface area contributed by atoms with Crippen LogP contribution in [0.25, 0.3) is 11.0 Å². The molecule has 1 saturated heterocycles. The number of rotatable bonds is 3. The van der Waals surface area contributed by atoms with Gasteiger partial charge in [-0.05, 0) is 25.1 Å². The van der Waals surface area contributed by atoms with Crippen LogP contribution in [0.3, 0.4) is 0 Å². The van der Waals surface area contributed by atoms with Crippen LogP contribution in [-0.2, 0) is 0 Å². The summed E-state index contributed by atoms with van der Waals surface area (Å²) in [4.78, 5) is 12.7. The third-order valence-electron chi connectivity index (χ3n) is 4.16. The van der Waals surface area contributed by atoms with Gasteiger partial charge in [-0.25, -0.2) is 15.0 Å². The zero-order valence-electron chi connectivity index (χ0n) is 13.2. The molecule has 0 unspecified atom stereocenters. The first kappa shape index (κ1) is 14.2. The van der Waals surface area contributed by atoms with Gasteiger partial charge in [0, 0.05) is 37.8 Å². The largest absolute Gasteiger partial charge is 0.346 e. The second kappa shape index (κ2) is 5.98. The second-order valence-corrected chi connectivity index (χ2v) is 5.70. The molecule has 0 aliphatic carbocycles. The number of para-hydroxylation sites is 1. The molecule has 6 heteroatoms. The van der Waals surface area contributed by atoms with Gasteiger partial charge in [-0.2, -0.15) is 4.98 Å². The Hall–Kier alpha value is -2.44. The standard InChI is InChI=1S/C17H20N6/c1-13-15-7-8-19-16(15)21-17(20-13)23(14-5-3-2-4-6-14)22-11-9-18-10-12-22/h2-8,18H,9-12H2,1H3,(H,19,20,21). The van der Waals surface area contributed by atoms with E-state index >= 15 is 0 Å². The number of H-pyrrole nitrogens is 1. The van der Waals surface area contributed by atoms with Crippen molar-refractivity contribution in [1.29, 1.82) is 0 Å². The van der Waals surface area contributed by atoms with Crippen LogP contribution >= 0.6 is 0 Å². The fraction of sp³-hybridized carbons (Fsp3) is 0.294. The van der Waals surface area contributed by atoms with Crippen molar-refractivity contribution in [3.63, 3.8) is 0 Å². The number of aryl methyl sites for hydroxylation is 1. The normalized spacial score (nSPS) is 15.9. The van der Waals surface area contributed by atoms with Crippen LogP contribution in [0.15, 0.2) is 42.6 Å². The fourth-order valence-corrected chi connectivity index (χ4v) is 3.00. The summed E-state index contributed by atoms with van der Waals surface area (Å²) in [5, 5.41) is 8.90. The first-order valence-corrected chi connectivity index (χ1v) is 7.95. The molecular formula is C17H20N6. The number of nitrogens with zero attached hydrogens (tertiary/aromatic N) is 4. The van der Waals surface area contributed by atoms with E-state index in [1.54, 1.807) is 0 Å². The van der Waals surface area contributed by atoms with Gasteiger partial charge in [0.2, 0.25) is 5.95 Å². The number of aromatic amines is 1. The highest BCUT2D eigenvalue weighted by molar-refractivity contribution is 5.79. The molecule has 1 aromatic carbocycles. The van der Waals surface area contributed by atoms with Crippen molar-refractivity contribution < 1.29 is 0 Å². The van der Waals surface area contributed by atoms with Crippen molar-refractivity contribution in [2.24, 2.45) is 0 Å². The van der Waals surface area contributed by atoms with Crippen LogP contribution in [0.1, 0.15) is 5.69 Å². The molecule has 4 rings (SSSR count). The number of hydrogen-bond acceptors (Lipinski definition) is 5. The summed E-state index contributed by atoms with van der Waals surface area (Å²) in [6.45, 7) is 5.82. The summed E-state index contributed by atoms with van der Waals surface area (Å²) >= 11 is 0. The van der Waals surface area contributed by atoms with E-state index in [-0.39, 0.29) is 0 Å². The van der Waals surface area contributed by atoms with Crippen LogP contribution in [0.4, 0.5) is 11.6 Å². The molecule has 0 spiro atoms. The van der Waals surface area contributed by atoms with Crippen molar-refractivity contribution in [1.82, 2.24) is 25.3 Å². The quantitative estimate of drug-likeness (QED) is 0.777. The maximum Gasteiger partial charge on any atom is 0.247 e. The Morgan fingerprint density at radius 3 is 2.61 bits per heavy atom. The maximum absolute atomic E-state index is 4.76. The lowest BCUT2D eigenvalue weighted by Crippen LogP contribution is -2.51. The lowest BCUT2D eigenvalue weighted by Gasteiger charge is -2.37. The molecule has 0 atom stereocenters. The third-order valence-corrected chi connectivity index (χ3v) is 4.16. The first-order valence-electron chi connectivity index (χ1n) is 7.95. The number of fused-ring (bicyclic) bond motifs is 1. The van der Waals surface area contributed by atoms with E-state index in [1.165, 1.54) is 0 Å². The fourth-order valence-electron chi connectivity index (χ4n) is 3.00. The van der Waals surface area contributed by atoms with Crippen LogP contribution in [-0.4, -0.2) is 46.1 Å². The van der Waals surface area contributed by atoms with Gasteiger partial charge in [0.05, 0.1) is 11.4 Å². The zero-order valence-corrected chi connectivity index (χ0v) is 13.2. The van der Waals surface area contributed by atoms with Crippen molar-refractivity contribution in [3.05, 3.63) is 48.3 Å². The summed E-state index contributed by atoms with van der Waals surface area (Å²) in [7, 11) is 0. The summed E-state index contributed by atoms with van der Waals surface area (Å²) < 4.78 is 0. The minimum atomic E-state index is 0.713. The number of hydrazine groups is 1. The number of anilines is 2. The molecule has 6 nitrogen and oxygen atoms in total. The van der Waals surface area contributed by atoms with Gasteiger partial charge in [0.1, 0.15) is 5.65 Å². The molecule has 0 radical (unpaired) electrons. The summed E-state index contributed by atoms with van der Waals surface area (Å²) in [5.74, 6) is 0.713. The van der Waals surface area contributed by atoms with Gasteiger partial charge in [0.25, 0.3) is 0 Å². The van der Waals surface area contributed by atoms with Crippen LogP contribution < -0.4 is 10.3 Å². The number of piperazine rings is 1. The molecule has 3 heterocycles. The molecule has 0 amide bonds. The minimum absolute atomic E-state index is 0.713. The molecule has 2 N–H and O–H groups in total. The Balaban J connectivity index is 1.82. The lowest BCUT2D eigenvalue weighted by atomic mass is 10.3. The molecular weight excluding hydrogens is 288 g/mol. The molecule has 0 saturated carbocycles. The smallest absolute Gasteiger partial charge is 0.247 e. The average molecular weight is 308 g/mol. The molecule has 1 fully saturated rings. The first-order chi connectivity index (χ1) is 11.3. The summed E-state index contributed by atoms with van der Waals surface area (Å²) in [6, 6.07) is 12.3. The van der Waals surface area contributed by atoms with Gasteiger partial charge in [-0.15, -0.1) is 0 Å². The zero-order chi connectivity index (χ0) is 15.6. The van der Waals surface area contributed by atoms with E-state index in [1.807, 2.05) is 37.4 Å². The van der Waals surface area contributed by atoms with E-state index in [4.69, 9.17) is 9.97 Å². The van der Waals surface area contributed by atoms with E-state index in [2.05, 4.69) is 32.5 Å². The van der Waals surface area contributed by atoms with E-state index in [0.29, 0.717) is 5.95 Å². The van der Waals surface area contributed by atoms with Crippen LogP contribution in [0.5, 0.6) is 0 Å². The van der Waals surface area contributed by atoms with Gasteiger partial charge in [-0.1, -0.05) is 18.2 Å². The maximum atomic E-state index is 4.76. The van der Waals surface area contributed by atoms with Crippen LogP contribution in [0.2, 0.25) is 0 Å². The van der Waals surface area contributed by atoms with Crippen LogP contribution in [0, 0.1) is 6.92 Å². The minimum Gasteiger partial charge on any atom is -0.346 e. The Morgan fingerprint density at radius 2 is 1.83 bits per heavy atom. The highest BCUT2D eigenvalue weighted by atomic mass is 15.7. The summed E-state index contributed by atoms with van der Waals surface area (Å²) in [5.41, 5.74) is 2.95. The molecule has 118 valence electrons. The Morgan fingerprint density at radius 1 is 1.04 bits per heavy atom. The predicted octanol–water partition coefficient (Wildman–Crippen LogP) is 2.22. The summed E-state index contributed by atoms with van der Waals surface area (Å²) in [6.07, 6.45) is 1.91. The third kappa shape index (κ3) is 2.67. The number of aromatic nitrogens is 3. The second-order valence-electron chi connectivity index (χ2n) is 5.70. The van der Waals surface area contributed by atoms with Crippen molar-refractivity contribution in [3.8, 4) is 0 Å². The SMILES string of the molecule is Cc1nc(N(c2ccccc2)N2CCNCC2)nc2[nH]ccc12. The predicted molar refractivity (Wildman–Crippen MR) is 91.6 cm³/mol. The van der Waals surface area contributed by atoms with E-state index in [9.17, 15) is 0 Å². The average Bonchev–Trinajstić information content (AvgIpc) is 3.06. The van der Waals surface area contributed by atoms with Crippen molar-refractivity contribution in [2.75, 3.05) is 31.2 Å². The van der Waals surface area contributed by atoms with Gasteiger partial charge in [0.15, 0.2) is 0 Å². The monoisotopic (exact) mass is 308 g/mol. The molecule has 3 aromatic rings. The lowest BCUT2D eigenvalue weighted by molar-refractivity contribution is 0.240. The number of hydrogen-bond donors (Lipinski definition) is 2. The van der Waals surface area contributed by atoms with Gasteiger partial charge in [-0.3, -0.25) is 0 Å². The Bertz CT molecular complexity index is 791. The highest BCUT2D eigenvalue weighted by Crippen LogP contribution is 2.26. The van der Waals surface area contributed by atoms with Crippen molar-refractivity contribution >= 4 is 22.7 Å². The van der Waals surface area contributed by atoms with E-state index in [0.717, 1.165) is 48.6 Å². The van der Waals surface area contributed by atoms with Gasteiger partial charge < -0.3 is 10.3 Å². The van der Waals surface area contributed by atoms with Crippen molar-refractivity contribution in [2.45, 2.75) is 6.92 Å². The molecule has 23 heavy (non-hydrogen) atoms. The topological polar surface area (TPSA) is 60.1 Å². The molecule has 0 bridgehead atoms. The molecule has 2 aromatic heterocycles. The van der Waals surface area contributed by atoms with Gasteiger partial charge >= 0.3 is 0 Å². The van der Waals surface area contributed by atoms with E-state index < -0.39 is 0 Å². The Kier molecular flexibility index (Phi) is 3.69. The highest BCUT2D eigenvalue weighted by Gasteiger charge is 2.23. The number of nitrogens with one attached hydrogen (secondary N) is 2. The molecule has 1 aliphatic rings.